The molecular weight excluding hydrogens is 302 g/mol. The van der Waals surface area contributed by atoms with Gasteiger partial charge in [-0.15, -0.1) is 0 Å². The Morgan fingerprint density at radius 2 is 2.09 bits per heavy atom. The van der Waals surface area contributed by atoms with Crippen LogP contribution in [0.1, 0.15) is 30.3 Å². The maximum atomic E-state index is 11.6. The Labute approximate surface area is 132 Å². The molecule has 2 rings (SSSR count). The van der Waals surface area contributed by atoms with E-state index >= 15 is 0 Å². The number of hydrogen-bond acceptors (Lipinski definition) is 4. The topological polar surface area (TPSA) is 98.2 Å². The van der Waals surface area contributed by atoms with Crippen LogP contribution in [0.4, 0.5) is 0 Å². The number of aliphatic carboxylic acids is 1. The summed E-state index contributed by atoms with van der Waals surface area (Å²) in [6.07, 6.45) is 0.0584. The van der Waals surface area contributed by atoms with Gasteiger partial charge in [0, 0.05) is 11.8 Å². The number of nitrogens with two attached hydrogens (primary N) is 1. The molecule has 0 aliphatic heterocycles. The van der Waals surface area contributed by atoms with Crippen molar-refractivity contribution >= 4 is 35.0 Å². The summed E-state index contributed by atoms with van der Waals surface area (Å²) in [5, 5.41) is 10.2. The van der Waals surface area contributed by atoms with E-state index in [1.807, 2.05) is 25.1 Å². The van der Waals surface area contributed by atoms with Gasteiger partial charge in [-0.1, -0.05) is 24.4 Å². The number of nitrogens with zero attached hydrogens (tertiary/aromatic N) is 2. The number of benzene rings is 1. The Bertz CT molecular complexity index is 814. The lowest BCUT2D eigenvalue weighted by Crippen LogP contribution is -2.25. The molecule has 0 radical (unpaired) electrons. The molecule has 0 saturated carbocycles. The number of fused-ring (bicyclic) bond motifs is 1. The van der Waals surface area contributed by atoms with Crippen LogP contribution >= 0.6 is 12.2 Å². The van der Waals surface area contributed by atoms with Gasteiger partial charge in [-0.25, -0.2) is 9.78 Å². The summed E-state index contributed by atoms with van der Waals surface area (Å²) in [6, 6.07) is 4.66. The minimum absolute atomic E-state index is 0.0238. The molecule has 1 amide bonds. The fourth-order valence-corrected chi connectivity index (χ4v) is 3.05. The van der Waals surface area contributed by atoms with Crippen LogP contribution in [0.3, 0.4) is 0 Å². The van der Waals surface area contributed by atoms with Crippen molar-refractivity contribution in [3.8, 4) is 0 Å². The van der Waals surface area contributed by atoms with Gasteiger partial charge in [0.15, 0.2) is 0 Å². The molecule has 0 fully saturated rings. The summed E-state index contributed by atoms with van der Waals surface area (Å²) >= 11 is 5.49. The second-order valence-corrected chi connectivity index (χ2v) is 5.55. The van der Waals surface area contributed by atoms with Gasteiger partial charge in [0.25, 0.3) is 0 Å². The number of aromatic nitrogens is 2. The summed E-state index contributed by atoms with van der Waals surface area (Å²) < 4.78 is 1.91. The lowest BCUT2D eigenvalue weighted by atomic mass is 10.1. The Morgan fingerprint density at radius 3 is 2.68 bits per heavy atom. The average molecular weight is 319 g/mol. The van der Waals surface area contributed by atoms with Gasteiger partial charge >= 0.3 is 5.97 Å². The van der Waals surface area contributed by atoms with Gasteiger partial charge in [0.05, 0.1) is 5.52 Å². The first kappa shape index (κ1) is 16.1. The highest BCUT2D eigenvalue weighted by Crippen LogP contribution is 2.24. The lowest BCUT2D eigenvalue weighted by molar-refractivity contribution is -0.141. The predicted molar refractivity (Wildman–Crippen MR) is 85.1 cm³/mol. The smallest absolute Gasteiger partial charge is 0.326 e. The predicted octanol–water partition coefficient (Wildman–Crippen LogP) is 2.27. The molecule has 0 saturated heterocycles. The van der Waals surface area contributed by atoms with Gasteiger partial charge in [0.1, 0.15) is 16.5 Å². The van der Waals surface area contributed by atoms with Crippen LogP contribution in [0.15, 0.2) is 18.2 Å². The molecule has 6 nitrogen and oxygen atoms in total. The van der Waals surface area contributed by atoms with E-state index in [4.69, 9.17) is 18.0 Å². The van der Waals surface area contributed by atoms with Crippen molar-refractivity contribution in [2.24, 2.45) is 5.73 Å². The molecule has 7 heteroatoms. The Balaban J connectivity index is 2.67. The van der Waals surface area contributed by atoms with Crippen molar-refractivity contribution < 1.29 is 14.7 Å². The third kappa shape index (κ3) is 2.99. The number of aryl methyl sites for hydroxylation is 2. The molecule has 0 spiro atoms. The number of primary amides is 1. The summed E-state index contributed by atoms with van der Waals surface area (Å²) in [5.74, 6) is -1.10. The van der Waals surface area contributed by atoms with E-state index in [1.165, 1.54) is 4.57 Å². The molecule has 2 aromatic rings. The molecule has 1 aromatic heterocycles. The van der Waals surface area contributed by atoms with Crippen LogP contribution < -0.4 is 5.73 Å². The number of carboxylic acid groups (broad SMARTS) is 1. The van der Waals surface area contributed by atoms with E-state index < -0.39 is 17.9 Å². The number of hydrogen-bond donors (Lipinski definition) is 2. The first-order valence-electron chi connectivity index (χ1n) is 6.82. The summed E-state index contributed by atoms with van der Waals surface area (Å²) in [6.45, 7) is 3.61. The summed E-state index contributed by atoms with van der Waals surface area (Å²) in [7, 11) is 0. The highest BCUT2D eigenvalue weighted by molar-refractivity contribution is 7.71. The quantitative estimate of drug-likeness (QED) is 0.824. The van der Waals surface area contributed by atoms with Crippen LogP contribution in [0.25, 0.3) is 10.9 Å². The molecule has 0 bridgehead atoms. The maximum absolute atomic E-state index is 11.6. The molecule has 1 aromatic carbocycles. The number of carbonyl (C=O) groups is 2. The average Bonchev–Trinajstić information content (AvgIpc) is 2.41. The van der Waals surface area contributed by atoms with E-state index in [2.05, 4.69) is 4.98 Å². The van der Waals surface area contributed by atoms with Crippen molar-refractivity contribution in [2.75, 3.05) is 0 Å². The van der Waals surface area contributed by atoms with Crippen LogP contribution in [0.2, 0.25) is 0 Å². The third-order valence-electron chi connectivity index (χ3n) is 3.58. The van der Waals surface area contributed by atoms with Crippen molar-refractivity contribution in [2.45, 2.75) is 32.7 Å². The van der Waals surface area contributed by atoms with Gasteiger partial charge in [0.2, 0.25) is 5.91 Å². The molecule has 1 heterocycles. The Hall–Kier alpha value is -2.28. The lowest BCUT2D eigenvalue weighted by Gasteiger charge is -2.20. The molecule has 0 aliphatic rings. The van der Waals surface area contributed by atoms with Crippen LogP contribution in [0.5, 0.6) is 0 Å². The van der Waals surface area contributed by atoms with Crippen molar-refractivity contribution in [1.29, 1.82) is 0 Å². The van der Waals surface area contributed by atoms with Crippen LogP contribution in [0, 0.1) is 18.5 Å². The zero-order chi connectivity index (χ0) is 16.4. The molecule has 22 heavy (non-hydrogen) atoms. The zero-order valence-corrected chi connectivity index (χ0v) is 13.2. The Kier molecular flexibility index (Phi) is 4.56. The normalized spacial score (nSPS) is 12.3. The molecule has 3 N–H and O–H groups in total. The van der Waals surface area contributed by atoms with E-state index in [1.54, 1.807) is 6.92 Å². The first-order valence-corrected chi connectivity index (χ1v) is 7.23. The maximum Gasteiger partial charge on any atom is 0.326 e. The van der Waals surface area contributed by atoms with Gasteiger partial charge in [-0.05, 0) is 31.9 Å². The van der Waals surface area contributed by atoms with Crippen molar-refractivity contribution in [3.63, 3.8) is 0 Å². The van der Waals surface area contributed by atoms with Crippen LogP contribution in [-0.4, -0.2) is 26.5 Å². The SMILES string of the molecule is Cc1cccc2nc(C)n(C(CCC(N)=O)C(=O)O)c(=S)c12. The monoisotopic (exact) mass is 319 g/mol. The molecular formula is C15H17N3O3S. The van der Waals surface area contributed by atoms with E-state index in [0.29, 0.717) is 10.5 Å². The molecule has 0 aliphatic carbocycles. The number of carboxylic acids is 1. The van der Waals surface area contributed by atoms with Crippen molar-refractivity contribution in [1.82, 2.24) is 9.55 Å². The second kappa shape index (κ2) is 6.23. The van der Waals surface area contributed by atoms with E-state index in [0.717, 1.165) is 16.5 Å². The fourth-order valence-electron chi connectivity index (χ4n) is 2.53. The first-order chi connectivity index (χ1) is 10.3. The minimum atomic E-state index is -1.06. The van der Waals surface area contributed by atoms with Gasteiger partial charge in [-0.2, -0.15) is 0 Å². The van der Waals surface area contributed by atoms with E-state index in [9.17, 15) is 14.7 Å². The summed E-state index contributed by atoms with van der Waals surface area (Å²) in [5.41, 5.74) is 6.79. The van der Waals surface area contributed by atoms with Crippen LogP contribution in [-0.2, 0) is 9.59 Å². The van der Waals surface area contributed by atoms with E-state index in [-0.39, 0.29) is 12.8 Å². The highest BCUT2D eigenvalue weighted by atomic mass is 32.1. The van der Waals surface area contributed by atoms with Gasteiger partial charge < -0.3 is 15.4 Å². The highest BCUT2D eigenvalue weighted by Gasteiger charge is 2.23. The zero-order valence-electron chi connectivity index (χ0n) is 12.4. The molecule has 1 atom stereocenters. The largest absolute Gasteiger partial charge is 0.480 e. The molecule has 1 unspecified atom stereocenters. The third-order valence-corrected chi connectivity index (χ3v) is 3.98. The number of amides is 1. The number of carbonyl (C=O) groups excluding carboxylic acids is 1. The van der Waals surface area contributed by atoms with Gasteiger partial charge in [-0.3, -0.25) is 4.79 Å². The standard InChI is InChI=1S/C15H17N3O3S/c1-8-4-3-5-10-13(8)14(22)18(9(2)17-10)11(15(20)21)6-7-12(16)19/h3-5,11H,6-7H2,1-2H3,(H2,16,19)(H,20,21). The Morgan fingerprint density at radius 1 is 1.41 bits per heavy atom. The molecule has 116 valence electrons. The second-order valence-electron chi connectivity index (χ2n) is 5.16. The minimum Gasteiger partial charge on any atom is -0.480 e. The summed E-state index contributed by atoms with van der Waals surface area (Å²) in [4.78, 5) is 27.0. The fraction of sp³-hybridized carbons (Fsp3) is 0.333. The number of rotatable bonds is 5. The van der Waals surface area contributed by atoms with Crippen molar-refractivity contribution in [3.05, 3.63) is 34.2 Å².